The topological polar surface area (TPSA) is 88.1 Å². The van der Waals surface area contributed by atoms with Crippen LogP contribution in [-0.2, 0) is 11.3 Å². The van der Waals surface area contributed by atoms with Crippen molar-refractivity contribution in [3.63, 3.8) is 0 Å². The maximum Gasteiger partial charge on any atom is 0.317 e. The summed E-state index contributed by atoms with van der Waals surface area (Å²) < 4.78 is 11.2. The third-order valence-electron chi connectivity index (χ3n) is 2.94. The van der Waals surface area contributed by atoms with Crippen molar-refractivity contribution in [2.24, 2.45) is 0 Å². The first-order chi connectivity index (χ1) is 10.4. The number of nitrogens with zero attached hydrogens (tertiary/aromatic N) is 1. The van der Waals surface area contributed by atoms with Gasteiger partial charge in [0.1, 0.15) is 0 Å². The fourth-order valence-corrected chi connectivity index (χ4v) is 2.40. The average molecular weight is 375 g/mol. The number of carbonyl (C=O) groups is 2. The number of carboxylic acids is 1. The van der Waals surface area contributed by atoms with Crippen molar-refractivity contribution in [2.75, 3.05) is 27.8 Å². The van der Waals surface area contributed by atoms with Gasteiger partial charge in [0, 0.05) is 20.1 Å². The lowest BCUT2D eigenvalue weighted by atomic mass is 10.2. The molecule has 0 aliphatic heterocycles. The molecule has 0 bridgehead atoms. The summed E-state index contributed by atoms with van der Waals surface area (Å²) in [6, 6.07) is 3.24. The summed E-state index contributed by atoms with van der Waals surface area (Å²) in [4.78, 5) is 23.7. The van der Waals surface area contributed by atoms with Crippen LogP contribution in [0.3, 0.4) is 0 Å². The molecule has 0 saturated carbocycles. The normalized spacial score (nSPS) is 10.0. The molecule has 0 radical (unpaired) electrons. The van der Waals surface area contributed by atoms with Crippen LogP contribution in [0.2, 0.25) is 0 Å². The number of rotatable bonds is 7. The van der Waals surface area contributed by atoms with E-state index in [9.17, 15) is 9.59 Å². The first-order valence-electron chi connectivity index (χ1n) is 6.50. The number of amides is 2. The molecule has 1 rings (SSSR count). The van der Waals surface area contributed by atoms with Gasteiger partial charge < -0.3 is 24.8 Å². The maximum absolute atomic E-state index is 11.8. The second kappa shape index (κ2) is 8.47. The van der Waals surface area contributed by atoms with Crippen molar-refractivity contribution < 1.29 is 24.2 Å². The Morgan fingerprint density at radius 1 is 1.32 bits per heavy atom. The van der Waals surface area contributed by atoms with Crippen LogP contribution in [0.1, 0.15) is 12.0 Å². The zero-order valence-corrected chi connectivity index (χ0v) is 14.3. The van der Waals surface area contributed by atoms with Crippen molar-refractivity contribution in [1.82, 2.24) is 10.2 Å². The fraction of sp³-hybridized carbons (Fsp3) is 0.429. The highest BCUT2D eigenvalue weighted by atomic mass is 79.9. The molecule has 2 N–H and O–H groups in total. The van der Waals surface area contributed by atoms with E-state index in [1.165, 1.54) is 12.0 Å². The number of hydrogen-bond acceptors (Lipinski definition) is 4. The van der Waals surface area contributed by atoms with Gasteiger partial charge in [-0.3, -0.25) is 4.79 Å². The van der Waals surface area contributed by atoms with Crippen molar-refractivity contribution >= 4 is 27.9 Å². The molecule has 0 saturated heterocycles. The van der Waals surface area contributed by atoms with E-state index in [0.29, 0.717) is 11.5 Å². The third kappa shape index (κ3) is 5.10. The predicted octanol–water partition coefficient (Wildman–Crippen LogP) is 2.08. The number of ether oxygens (including phenoxy) is 2. The minimum Gasteiger partial charge on any atom is -0.493 e. The summed E-state index contributed by atoms with van der Waals surface area (Å²) in [5.74, 6) is 0.194. The number of halogens is 1. The molecule has 0 aliphatic rings. The van der Waals surface area contributed by atoms with E-state index in [1.54, 1.807) is 20.2 Å². The van der Waals surface area contributed by atoms with Gasteiger partial charge in [0.25, 0.3) is 0 Å². The molecule has 7 nitrogen and oxygen atoms in total. The van der Waals surface area contributed by atoms with Crippen LogP contribution in [0.25, 0.3) is 0 Å². The molecule has 122 valence electrons. The monoisotopic (exact) mass is 374 g/mol. The fourth-order valence-electron chi connectivity index (χ4n) is 1.75. The molecule has 0 aliphatic carbocycles. The number of methoxy groups -OCH3 is 2. The maximum atomic E-state index is 11.8. The Kier molecular flexibility index (Phi) is 6.97. The molecule has 0 spiro atoms. The standard InChI is InChI=1S/C14H19BrN2O5/c1-17(5-4-12(18)19)14(20)16-8-9-6-10(15)13(22-3)11(7-9)21-2/h6-7H,4-5,8H2,1-3H3,(H,16,20)(H,18,19). The largest absolute Gasteiger partial charge is 0.493 e. The highest BCUT2D eigenvalue weighted by Gasteiger charge is 2.13. The van der Waals surface area contributed by atoms with Crippen LogP contribution in [0.15, 0.2) is 16.6 Å². The number of carbonyl (C=O) groups excluding carboxylic acids is 1. The Hall–Kier alpha value is -1.96. The van der Waals surface area contributed by atoms with Gasteiger partial charge in [-0.05, 0) is 33.6 Å². The molecule has 0 aromatic heterocycles. The predicted molar refractivity (Wildman–Crippen MR) is 84.4 cm³/mol. The number of hydrogen-bond donors (Lipinski definition) is 2. The molecule has 1 aromatic carbocycles. The molecular weight excluding hydrogens is 356 g/mol. The van der Waals surface area contributed by atoms with Crippen molar-refractivity contribution in [3.05, 3.63) is 22.2 Å². The van der Waals surface area contributed by atoms with Crippen molar-refractivity contribution in [1.29, 1.82) is 0 Å². The second-order valence-corrected chi connectivity index (χ2v) is 5.39. The molecule has 22 heavy (non-hydrogen) atoms. The number of nitrogens with one attached hydrogen (secondary N) is 1. The van der Waals surface area contributed by atoms with Gasteiger partial charge in [-0.1, -0.05) is 0 Å². The van der Waals surface area contributed by atoms with E-state index in [0.717, 1.165) is 10.0 Å². The van der Waals surface area contributed by atoms with Crippen LogP contribution >= 0.6 is 15.9 Å². The minimum atomic E-state index is -0.941. The van der Waals surface area contributed by atoms with Crippen LogP contribution < -0.4 is 14.8 Å². The number of benzene rings is 1. The van der Waals surface area contributed by atoms with Crippen LogP contribution in [-0.4, -0.2) is 49.8 Å². The second-order valence-electron chi connectivity index (χ2n) is 4.54. The van der Waals surface area contributed by atoms with E-state index in [-0.39, 0.29) is 25.5 Å². The number of aliphatic carboxylic acids is 1. The Labute approximate surface area is 137 Å². The lowest BCUT2D eigenvalue weighted by Gasteiger charge is -2.17. The van der Waals surface area contributed by atoms with Crippen LogP contribution in [0.4, 0.5) is 4.79 Å². The van der Waals surface area contributed by atoms with Crippen molar-refractivity contribution in [2.45, 2.75) is 13.0 Å². The Balaban J connectivity index is 2.66. The van der Waals surface area contributed by atoms with Crippen LogP contribution in [0.5, 0.6) is 11.5 Å². The third-order valence-corrected chi connectivity index (χ3v) is 3.53. The zero-order chi connectivity index (χ0) is 16.7. The summed E-state index contributed by atoms with van der Waals surface area (Å²) in [6.07, 6.45) is -0.0914. The van der Waals surface area contributed by atoms with Gasteiger partial charge in [0.2, 0.25) is 0 Å². The van der Waals surface area contributed by atoms with E-state index < -0.39 is 5.97 Å². The van der Waals surface area contributed by atoms with Gasteiger partial charge >= 0.3 is 12.0 Å². The highest BCUT2D eigenvalue weighted by Crippen LogP contribution is 2.36. The number of carboxylic acid groups (broad SMARTS) is 1. The lowest BCUT2D eigenvalue weighted by molar-refractivity contribution is -0.137. The molecule has 0 fully saturated rings. The van der Waals surface area contributed by atoms with E-state index in [1.807, 2.05) is 6.07 Å². The molecular formula is C14H19BrN2O5. The summed E-state index contributed by atoms with van der Waals surface area (Å²) in [6.45, 7) is 0.437. The zero-order valence-electron chi connectivity index (χ0n) is 12.7. The lowest BCUT2D eigenvalue weighted by Crippen LogP contribution is -2.37. The summed E-state index contributed by atoms with van der Waals surface area (Å²) in [7, 11) is 4.62. The van der Waals surface area contributed by atoms with Gasteiger partial charge in [-0.2, -0.15) is 0 Å². The molecule has 0 unspecified atom stereocenters. The molecule has 0 atom stereocenters. The van der Waals surface area contributed by atoms with Gasteiger partial charge in [-0.15, -0.1) is 0 Å². The molecule has 8 heteroatoms. The summed E-state index contributed by atoms with van der Waals surface area (Å²) >= 11 is 3.38. The first kappa shape index (κ1) is 18.1. The Morgan fingerprint density at radius 3 is 2.55 bits per heavy atom. The SMILES string of the molecule is COc1cc(CNC(=O)N(C)CCC(=O)O)cc(Br)c1OC. The van der Waals surface area contributed by atoms with Gasteiger partial charge in [-0.25, -0.2) is 4.79 Å². The summed E-state index contributed by atoms with van der Waals surface area (Å²) in [5.41, 5.74) is 0.824. The van der Waals surface area contributed by atoms with Crippen LogP contribution in [0, 0.1) is 0 Å². The first-order valence-corrected chi connectivity index (χ1v) is 7.29. The van der Waals surface area contributed by atoms with Gasteiger partial charge in [0.05, 0.1) is 25.1 Å². The average Bonchev–Trinajstić information content (AvgIpc) is 2.49. The highest BCUT2D eigenvalue weighted by molar-refractivity contribution is 9.10. The Bertz CT molecular complexity index is 550. The number of urea groups is 1. The Morgan fingerprint density at radius 2 is 2.00 bits per heavy atom. The molecule has 1 aromatic rings. The van der Waals surface area contributed by atoms with E-state index in [4.69, 9.17) is 14.6 Å². The van der Waals surface area contributed by atoms with Crippen molar-refractivity contribution in [3.8, 4) is 11.5 Å². The quantitative estimate of drug-likeness (QED) is 0.762. The smallest absolute Gasteiger partial charge is 0.317 e. The molecule has 2 amide bonds. The van der Waals surface area contributed by atoms with E-state index in [2.05, 4.69) is 21.2 Å². The molecule has 0 heterocycles. The van der Waals surface area contributed by atoms with Gasteiger partial charge in [0.15, 0.2) is 11.5 Å². The van der Waals surface area contributed by atoms with E-state index >= 15 is 0 Å². The minimum absolute atomic E-state index is 0.0914. The summed E-state index contributed by atoms with van der Waals surface area (Å²) in [5, 5.41) is 11.3.